The monoisotopic (exact) mass is 219 g/mol. The van der Waals surface area contributed by atoms with Crippen molar-refractivity contribution in [3.63, 3.8) is 0 Å². The number of ether oxygens (including phenoxy) is 1. The van der Waals surface area contributed by atoms with Gasteiger partial charge in [-0.3, -0.25) is 4.98 Å². The maximum atomic E-state index is 5.83. The molecule has 0 fully saturated rings. The predicted molar refractivity (Wildman–Crippen MR) is 60.0 cm³/mol. The van der Waals surface area contributed by atoms with Crippen molar-refractivity contribution >= 4 is 11.6 Å². The lowest BCUT2D eigenvalue weighted by Crippen LogP contribution is -1.95. The van der Waals surface area contributed by atoms with Crippen LogP contribution in [0.25, 0.3) is 0 Å². The van der Waals surface area contributed by atoms with Crippen molar-refractivity contribution in [2.75, 3.05) is 0 Å². The minimum atomic E-state index is 0.508. The summed E-state index contributed by atoms with van der Waals surface area (Å²) >= 11 is 5.83. The van der Waals surface area contributed by atoms with Crippen LogP contribution >= 0.6 is 11.6 Å². The lowest BCUT2D eigenvalue weighted by molar-refractivity contribution is 0.306. The van der Waals surface area contributed by atoms with Gasteiger partial charge in [0.1, 0.15) is 12.4 Å². The number of halogens is 1. The molecule has 2 aromatic rings. The quantitative estimate of drug-likeness (QED) is 0.790. The fourth-order valence-electron chi connectivity index (χ4n) is 1.21. The topological polar surface area (TPSA) is 22.1 Å². The maximum Gasteiger partial charge on any atom is 0.121 e. The average molecular weight is 220 g/mol. The van der Waals surface area contributed by atoms with Gasteiger partial charge >= 0.3 is 0 Å². The summed E-state index contributed by atoms with van der Waals surface area (Å²) in [7, 11) is 0. The van der Waals surface area contributed by atoms with Gasteiger partial charge in [-0.15, -0.1) is 0 Å². The lowest BCUT2D eigenvalue weighted by Gasteiger charge is -2.05. The number of aromatic nitrogens is 1. The van der Waals surface area contributed by atoms with E-state index in [0.29, 0.717) is 11.6 Å². The van der Waals surface area contributed by atoms with Gasteiger partial charge in [-0.1, -0.05) is 23.7 Å². The molecule has 0 atom stereocenters. The van der Waals surface area contributed by atoms with Crippen molar-refractivity contribution in [3.05, 3.63) is 59.4 Å². The molecule has 0 aliphatic carbocycles. The van der Waals surface area contributed by atoms with Crippen LogP contribution in [0.1, 0.15) is 5.56 Å². The Morgan fingerprint density at radius 1 is 1.20 bits per heavy atom. The van der Waals surface area contributed by atoms with Gasteiger partial charge in [0.05, 0.1) is 0 Å². The molecule has 15 heavy (non-hydrogen) atoms. The van der Waals surface area contributed by atoms with Crippen LogP contribution in [0.15, 0.2) is 48.8 Å². The summed E-state index contributed by atoms with van der Waals surface area (Å²) < 4.78 is 5.55. The molecule has 0 saturated carbocycles. The Morgan fingerprint density at radius 3 is 2.87 bits per heavy atom. The Kier molecular flexibility index (Phi) is 3.20. The highest BCUT2D eigenvalue weighted by molar-refractivity contribution is 6.30. The van der Waals surface area contributed by atoms with Gasteiger partial charge in [-0.05, 0) is 24.3 Å². The number of hydrogen-bond donors (Lipinski definition) is 0. The molecule has 0 N–H and O–H groups in total. The molecule has 0 saturated heterocycles. The first-order chi connectivity index (χ1) is 7.34. The van der Waals surface area contributed by atoms with E-state index in [-0.39, 0.29) is 0 Å². The van der Waals surface area contributed by atoms with Crippen molar-refractivity contribution in [2.45, 2.75) is 6.61 Å². The molecule has 0 aliphatic heterocycles. The summed E-state index contributed by atoms with van der Waals surface area (Å²) in [4.78, 5) is 4.01. The van der Waals surface area contributed by atoms with Crippen LogP contribution in [-0.4, -0.2) is 4.98 Å². The smallest absolute Gasteiger partial charge is 0.121 e. The van der Waals surface area contributed by atoms with Gasteiger partial charge in [0.25, 0.3) is 0 Å². The molecule has 1 heterocycles. The van der Waals surface area contributed by atoms with Crippen LogP contribution < -0.4 is 4.74 Å². The van der Waals surface area contributed by atoms with Crippen LogP contribution in [0.2, 0.25) is 5.02 Å². The molecule has 0 spiro atoms. The highest BCUT2D eigenvalue weighted by Crippen LogP contribution is 2.18. The molecular weight excluding hydrogens is 210 g/mol. The van der Waals surface area contributed by atoms with Crippen molar-refractivity contribution in [1.29, 1.82) is 0 Å². The van der Waals surface area contributed by atoms with E-state index in [2.05, 4.69) is 4.98 Å². The minimum Gasteiger partial charge on any atom is -0.489 e. The molecule has 0 amide bonds. The fourth-order valence-corrected chi connectivity index (χ4v) is 1.39. The Morgan fingerprint density at radius 2 is 2.13 bits per heavy atom. The highest BCUT2D eigenvalue weighted by atomic mass is 35.5. The standard InChI is InChI=1S/C12H10ClNO/c13-11-4-1-5-12(7-11)15-9-10-3-2-6-14-8-10/h1-8H,9H2. The molecule has 0 radical (unpaired) electrons. The van der Waals surface area contributed by atoms with E-state index in [9.17, 15) is 0 Å². The molecule has 76 valence electrons. The molecule has 2 nitrogen and oxygen atoms in total. The molecule has 3 heteroatoms. The van der Waals surface area contributed by atoms with Crippen LogP contribution in [0.3, 0.4) is 0 Å². The molecule has 1 aromatic carbocycles. The third kappa shape index (κ3) is 2.96. The van der Waals surface area contributed by atoms with Gasteiger partial charge in [-0.2, -0.15) is 0 Å². The van der Waals surface area contributed by atoms with E-state index >= 15 is 0 Å². The Balaban J connectivity index is 1.99. The van der Waals surface area contributed by atoms with Crippen molar-refractivity contribution in [1.82, 2.24) is 4.98 Å². The number of rotatable bonds is 3. The number of pyridine rings is 1. The predicted octanol–water partition coefficient (Wildman–Crippen LogP) is 3.31. The summed E-state index contributed by atoms with van der Waals surface area (Å²) in [6, 6.07) is 11.2. The van der Waals surface area contributed by atoms with Gasteiger partial charge in [0.2, 0.25) is 0 Å². The average Bonchev–Trinajstić information content (AvgIpc) is 2.28. The maximum absolute atomic E-state index is 5.83. The Hall–Kier alpha value is -1.54. The first kappa shape index (κ1) is 9.99. The largest absolute Gasteiger partial charge is 0.489 e. The first-order valence-corrected chi connectivity index (χ1v) is 5.00. The van der Waals surface area contributed by atoms with E-state index in [0.717, 1.165) is 11.3 Å². The summed E-state index contributed by atoms with van der Waals surface area (Å²) in [6.07, 6.45) is 3.52. The summed E-state index contributed by atoms with van der Waals surface area (Å²) in [5.74, 6) is 0.770. The lowest BCUT2D eigenvalue weighted by atomic mass is 10.3. The van der Waals surface area contributed by atoms with Gasteiger partial charge < -0.3 is 4.74 Å². The normalized spacial score (nSPS) is 9.93. The third-order valence-corrected chi connectivity index (χ3v) is 2.16. The molecule has 1 aromatic heterocycles. The van der Waals surface area contributed by atoms with Crippen LogP contribution in [0.5, 0.6) is 5.75 Å². The molecule has 0 bridgehead atoms. The zero-order valence-electron chi connectivity index (χ0n) is 8.06. The second-order valence-electron chi connectivity index (χ2n) is 3.11. The van der Waals surface area contributed by atoms with Crippen LogP contribution in [0, 0.1) is 0 Å². The summed E-state index contributed by atoms with van der Waals surface area (Å²) in [5.41, 5.74) is 1.04. The molecular formula is C12H10ClNO. The molecule has 0 unspecified atom stereocenters. The summed E-state index contributed by atoms with van der Waals surface area (Å²) in [6.45, 7) is 0.508. The SMILES string of the molecule is Clc1cccc(OCc2cccnc2)c1. The highest BCUT2D eigenvalue weighted by Gasteiger charge is 1.96. The van der Waals surface area contributed by atoms with Crippen molar-refractivity contribution in [3.8, 4) is 5.75 Å². The van der Waals surface area contributed by atoms with E-state index in [1.54, 1.807) is 18.5 Å². The molecule has 2 rings (SSSR count). The minimum absolute atomic E-state index is 0.508. The Bertz CT molecular complexity index is 431. The van der Waals surface area contributed by atoms with Crippen LogP contribution in [0.4, 0.5) is 0 Å². The molecule has 0 aliphatic rings. The number of benzene rings is 1. The summed E-state index contributed by atoms with van der Waals surface area (Å²) in [5, 5.41) is 0.679. The first-order valence-electron chi connectivity index (χ1n) is 4.62. The Labute approximate surface area is 93.5 Å². The number of hydrogen-bond acceptors (Lipinski definition) is 2. The van der Waals surface area contributed by atoms with E-state index < -0.39 is 0 Å². The van der Waals surface area contributed by atoms with Gasteiger partial charge in [0.15, 0.2) is 0 Å². The zero-order valence-corrected chi connectivity index (χ0v) is 8.82. The van der Waals surface area contributed by atoms with E-state index in [1.165, 1.54) is 0 Å². The van der Waals surface area contributed by atoms with E-state index in [4.69, 9.17) is 16.3 Å². The third-order valence-electron chi connectivity index (χ3n) is 1.92. The van der Waals surface area contributed by atoms with E-state index in [1.807, 2.05) is 30.3 Å². The van der Waals surface area contributed by atoms with Crippen molar-refractivity contribution < 1.29 is 4.74 Å². The fraction of sp³-hybridized carbons (Fsp3) is 0.0833. The second-order valence-corrected chi connectivity index (χ2v) is 3.54. The van der Waals surface area contributed by atoms with Gasteiger partial charge in [-0.25, -0.2) is 0 Å². The second kappa shape index (κ2) is 4.80. The van der Waals surface area contributed by atoms with Crippen LogP contribution in [-0.2, 0) is 6.61 Å². The number of nitrogens with zero attached hydrogens (tertiary/aromatic N) is 1. The van der Waals surface area contributed by atoms with Gasteiger partial charge in [0, 0.05) is 23.0 Å². The van der Waals surface area contributed by atoms with Crippen molar-refractivity contribution in [2.24, 2.45) is 0 Å². The zero-order chi connectivity index (χ0) is 10.5.